The van der Waals surface area contributed by atoms with Gasteiger partial charge in [0.2, 0.25) is 0 Å². The van der Waals surface area contributed by atoms with Crippen LogP contribution in [0.2, 0.25) is 0 Å². The third-order valence-corrected chi connectivity index (χ3v) is 4.85. The summed E-state index contributed by atoms with van der Waals surface area (Å²) >= 11 is 0. The van der Waals surface area contributed by atoms with Crippen LogP contribution < -0.4 is 5.32 Å². The van der Waals surface area contributed by atoms with Crippen molar-refractivity contribution in [1.82, 2.24) is 15.1 Å². The average molecular weight is 261 g/mol. The van der Waals surface area contributed by atoms with Crippen molar-refractivity contribution < 1.29 is 0 Å². The first-order chi connectivity index (χ1) is 9.08. The topological polar surface area (TPSA) is 29.9 Å². The number of hydrogen-bond acceptors (Lipinski definition) is 2. The van der Waals surface area contributed by atoms with Crippen LogP contribution in [0.5, 0.6) is 0 Å². The molecule has 2 aliphatic carbocycles. The van der Waals surface area contributed by atoms with Gasteiger partial charge in [0, 0.05) is 23.8 Å². The predicted molar refractivity (Wildman–Crippen MR) is 78.6 cm³/mol. The first-order valence-electron chi connectivity index (χ1n) is 7.87. The molecule has 1 aromatic rings. The Morgan fingerprint density at radius 3 is 2.47 bits per heavy atom. The molecule has 0 saturated heterocycles. The zero-order valence-electron chi connectivity index (χ0n) is 12.7. The molecule has 0 spiro atoms. The number of nitrogens with one attached hydrogen (secondary N) is 1. The van der Waals surface area contributed by atoms with Crippen LogP contribution in [0.25, 0.3) is 0 Å². The second-order valence-corrected chi connectivity index (χ2v) is 6.69. The van der Waals surface area contributed by atoms with Crippen LogP contribution in [0.3, 0.4) is 0 Å². The van der Waals surface area contributed by atoms with Gasteiger partial charge in [0.15, 0.2) is 0 Å². The lowest BCUT2D eigenvalue weighted by molar-refractivity contribution is 0.428. The molecule has 2 aliphatic rings. The molecule has 0 aliphatic heterocycles. The van der Waals surface area contributed by atoms with Gasteiger partial charge in [-0.1, -0.05) is 6.92 Å². The van der Waals surface area contributed by atoms with Gasteiger partial charge in [0.05, 0.1) is 11.7 Å². The van der Waals surface area contributed by atoms with Crippen molar-refractivity contribution >= 4 is 0 Å². The average Bonchev–Trinajstić information content (AvgIpc) is 3.26. The van der Waals surface area contributed by atoms with Gasteiger partial charge in [0.1, 0.15) is 0 Å². The van der Waals surface area contributed by atoms with Crippen LogP contribution in [0.4, 0.5) is 0 Å². The first kappa shape index (κ1) is 13.2. The van der Waals surface area contributed by atoms with Crippen LogP contribution in [0.1, 0.15) is 68.4 Å². The maximum Gasteiger partial charge on any atom is 0.0631 e. The zero-order chi connectivity index (χ0) is 13.6. The summed E-state index contributed by atoms with van der Waals surface area (Å²) in [4.78, 5) is 0. The highest BCUT2D eigenvalue weighted by Gasteiger charge is 2.32. The molecular formula is C16H27N3. The van der Waals surface area contributed by atoms with Crippen LogP contribution >= 0.6 is 0 Å². The first-order valence-corrected chi connectivity index (χ1v) is 7.87. The van der Waals surface area contributed by atoms with E-state index in [1.54, 1.807) is 0 Å². The van der Waals surface area contributed by atoms with E-state index in [4.69, 9.17) is 5.10 Å². The lowest BCUT2D eigenvalue weighted by atomic mass is 9.99. The Morgan fingerprint density at radius 1 is 1.21 bits per heavy atom. The smallest absolute Gasteiger partial charge is 0.0631 e. The van der Waals surface area contributed by atoms with Crippen molar-refractivity contribution in [3.8, 4) is 0 Å². The predicted octanol–water partition coefficient (Wildman–Crippen LogP) is 3.33. The Labute approximate surface area is 116 Å². The molecule has 0 radical (unpaired) electrons. The molecule has 19 heavy (non-hydrogen) atoms. The van der Waals surface area contributed by atoms with E-state index in [-0.39, 0.29) is 0 Å². The summed E-state index contributed by atoms with van der Waals surface area (Å²) in [7, 11) is 0. The summed E-state index contributed by atoms with van der Waals surface area (Å²) < 4.78 is 2.29. The second-order valence-electron chi connectivity index (χ2n) is 6.69. The fourth-order valence-corrected chi connectivity index (χ4v) is 3.30. The number of rotatable bonds is 6. The van der Waals surface area contributed by atoms with Crippen molar-refractivity contribution in [2.45, 2.75) is 71.4 Å². The van der Waals surface area contributed by atoms with E-state index in [1.807, 2.05) is 0 Å². The van der Waals surface area contributed by atoms with Crippen molar-refractivity contribution in [1.29, 1.82) is 0 Å². The van der Waals surface area contributed by atoms with Gasteiger partial charge < -0.3 is 5.32 Å². The summed E-state index contributed by atoms with van der Waals surface area (Å²) in [5.74, 6) is 1.44. The number of aromatic nitrogens is 2. The summed E-state index contributed by atoms with van der Waals surface area (Å²) in [6, 6.07) is 1.37. The molecule has 2 unspecified atom stereocenters. The van der Waals surface area contributed by atoms with Crippen LogP contribution in [-0.2, 0) is 0 Å². The van der Waals surface area contributed by atoms with E-state index < -0.39 is 0 Å². The van der Waals surface area contributed by atoms with Crippen LogP contribution in [0.15, 0.2) is 0 Å². The maximum absolute atomic E-state index is 4.82. The summed E-state index contributed by atoms with van der Waals surface area (Å²) in [5.41, 5.74) is 4.10. The van der Waals surface area contributed by atoms with Crippen molar-refractivity contribution in [2.75, 3.05) is 6.54 Å². The molecule has 3 heteroatoms. The van der Waals surface area contributed by atoms with Gasteiger partial charge in [-0.15, -0.1) is 0 Å². The quantitative estimate of drug-likeness (QED) is 0.851. The monoisotopic (exact) mass is 261 g/mol. The fourth-order valence-electron chi connectivity index (χ4n) is 3.30. The molecule has 2 saturated carbocycles. The highest BCUT2D eigenvalue weighted by atomic mass is 15.3. The lowest BCUT2D eigenvalue weighted by Gasteiger charge is -2.16. The Hall–Kier alpha value is -0.830. The Bertz CT molecular complexity index is 455. The second kappa shape index (κ2) is 4.93. The van der Waals surface area contributed by atoms with E-state index in [1.165, 1.54) is 42.6 Å². The van der Waals surface area contributed by atoms with Gasteiger partial charge >= 0.3 is 0 Å². The Balaban J connectivity index is 1.75. The molecule has 0 amide bonds. The molecule has 2 fully saturated rings. The highest BCUT2D eigenvalue weighted by Crippen LogP contribution is 2.40. The molecule has 3 nitrogen and oxygen atoms in total. The minimum atomic E-state index is 0.570. The third kappa shape index (κ3) is 2.71. The highest BCUT2D eigenvalue weighted by molar-refractivity contribution is 5.29. The summed E-state index contributed by atoms with van der Waals surface area (Å²) in [6.45, 7) is 10.2. The molecule has 1 aromatic heterocycles. The van der Waals surface area contributed by atoms with Gasteiger partial charge in [-0.2, -0.15) is 5.10 Å². The molecule has 0 aromatic carbocycles. The molecule has 2 atom stereocenters. The minimum absolute atomic E-state index is 0.570. The van der Waals surface area contributed by atoms with Crippen LogP contribution in [-0.4, -0.2) is 22.4 Å². The standard InChI is InChI=1S/C16H27N3/c1-10(9-17-15-7-8-15)16-11(2)18-19(13(16)4)12(3)14-5-6-14/h10,12,14-15,17H,5-9H2,1-4H3. The summed E-state index contributed by atoms with van der Waals surface area (Å²) in [6.07, 6.45) is 5.49. The van der Waals surface area contributed by atoms with E-state index in [9.17, 15) is 0 Å². The normalized spacial score (nSPS) is 22.5. The SMILES string of the molecule is Cc1nn(C(C)C2CC2)c(C)c1C(C)CNC1CC1. The molecule has 1 heterocycles. The molecule has 106 valence electrons. The van der Waals surface area contributed by atoms with E-state index in [2.05, 4.69) is 37.7 Å². The molecular weight excluding hydrogens is 234 g/mol. The molecule has 0 bridgehead atoms. The maximum atomic E-state index is 4.82. The third-order valence-electron chi connectivity index (χ3n) is 4.85. The van der Waals surface area contributed by atoms with E-state index in [0.717, 1.165) is 18.5 Å². The number of nitrogens with zero attached hydrogens (tertiary/aromatic N) is 2. The van der Waals surface area contributed by atoms with Crippen molar-refractivity contribution in [3.63, 3.8) is 0 Å². The van der Waals surface area contributed by atoms with Gasteiger partial charge in [-0.05, 0) is 58.3 Å². The van der Waals surface area contributed by atoms with Gasteiger partial charge in [-0.3, -0.25) is 4.68 Å². The van der Waals surface area contributed by atoms with E-state index in [0.29, 0.717) is 12.0 Å². The zero-order valence-corrected chi connectivity index (χ0v) is 12.7. The van der Waals surface area contributed by atoms with Gasteiger partial charge in [-0.25, -0.2) is 0 Å². The Morgan fingerprint density at radius 2 is 1.89 bits per heavy atom. The summed E-state index contributed by atoms with van der Waals surface area (Å²) in [5, 5.41) is 8.47. The van der Waals surface area contributed by atoms with Crippen LogP contribution in [0, 0.1) is 19.8 Å². The van der Waals surface area contributed by atoms with Crippen molar-refractivity contribution in [2.24, 2.45) is 5.92 Å². The fraction of sp³-hybridized carbons (Fsp3) is 0.812. The van der Waals surface area contributed by atoms with Gasteiger partial charge in [0.25, 0.3) is 0 Å². The lowest BCUT2D eigenvalue weighted by Crippen LogP contribution is -2.22. The number of aryl methyl sites for hydroxylation is 1. The Kier molecular flexibility index (Phi) is 3.42. The molecule has 3 rings (SSSR count). The largest absolute Gasteiger partial charge is 0.313 e. The number of hydrogen-bond donors (Lipinski definition) is 1. The van der Waals surface area contributed by atoms with E-state index >= 15 is 0 Å². The molecule has 1 N–H and O–H groups in total. The van der Waals surface area contributed by atoms with Crippen molar-refractivity contribution in [3.05, 3.63) is 17.0 Å². The minimum Gasteiger partial charge on any atom is -0.313 e.